The van der Waals surface area contributed by atoms with Gasteiger partial charge in [0.05, 0.1) is 21.8 Å². The van der Waals surface area contributed by atoms with E-state index in [1.807, 2.05) is 35.9 Å². The van der Waals surface area contributed by atoms with Gasteiger partial charge < -0.3 is 4.57 Å². The number of carbonyl (C=O) groups is 1. The second-order valence-corrected chi connectivity index (χ2v) is 8.34. The monoisotopic (exact) mass is 480 g/mol. The predicted molar refractivity (Wildman–Crippen MR) is 112 cm³/mol. The number of hydrogen-bond acceptors (Lipinski definition) is 8. The van der Waals surface area contributed by atoms with Crippen LogP contribution in [-0.4, -0.2) is 37.6 Å². The van der Waals surface area contributed by atoms with Gasteiger partial charge in [-0.05, 0) is 18.2 Å². The molecule has 1 amide bonds. The quantitative estimate of drug-likeness (QED) is 0.239. The van der Waals surface area contributed by atoms with Gasteiger partial charge in [-0.2, -0.15) is 5.10 Å². The highest BCUT2D eigenvalue weighted by molar-refractivity contribution is 9.10. The minimum atomic E-state index is -0.472. The maximum Gasteiger partial charge on any atom is 0.324 e. The Labute approximate surface area is 176 Å². The van der Waals surface area contributed by atoms with Gasteiger partial charge in [-0.25, -0.2) is 5.43 Å². The van der Waals surface area contributed by atoms with Crippen LogP contribution in [0.15, 0.2) is 51.1 Å². The Bertz CT molecular complexity index is 1030. The molecular weight excluding hydrogens is 468 g/mol. The third kappa shape index (κ3) is 5.03. The molecule has 144 valence electrons. The van der Waals surface area contributed by atoms with Crippen molar-refractivity contribution in [1.82, 2.24) is 20.2 Å². The van der Waals surface area contributed by atoms with Crippen LogP contribution >= 0.6 is 39.0 Å². The minimum absolute atomic E-state index is 0.0205. The molecule has 0 radical (unpaired) electrons. The van der Waals surface area contributed by atoms with Crippen molar-refractivity contribution in [2.75, 3.05) is 5.75 Å². The van der Waals surface area contributed by atoms with Crippen LogP contribution in [0.3, 0.4) is 0 Å². The largest absolute Gasteiger partial charge is 0.324 e. The lowest BCUT2D eigenvalue weighted by Crippen LogP contribution is -2.19. The van der Waals surface area contributed by atoms with Gasteiger partial charge in [0.15, 0.2) is 11.0 Å². The normalized spacial score (nSPS) is 11.1. The van der Waals surface area contributed by atoms with E-state index in [4.69, 9.17) is 0 Å². The molecule has 12 heteroatoms. The molecule has 0 unspecified atom stereocenters. The molecule has 0 aliphatic carbocycles. The molecule has 28 heavy (non-hydrogen) atoms. The van der Waals surface area contributed by atoms with Crippen molar-refractivity contribution >= 4 is 56.2 Å². The van der Waals surface area contributed by atoms with Crippen LogP contribution in [0.1, 0.15) is 4.88 Å². The number of aromatic nitrogens is 3. The van der Waals surface area contributed by atoms with E-state index in [1.165, 1.54) is 24.0 Å². The number of thiophene rings is 1. The molecule has 3 aromatic rings. The molecule has 3 rings (SSSR count). The highest BCUT2D eigenvalue weighted by Gasteiger charge is 2.13. The molecule has 9 nitrogen and oxygen atoms in total. The van der Waals surface area contributed by atoms with Crippen LogP contribution in [0.2, 0.25) is 0 Å². The topological polar surface area (TPSA) is 115 Å². The highest BCUT2D eigenvalue weighted by Crippen LogP contribution is 2.24. The number of carbonyl (C=O) groups excluding carboxylic acids is 1. The van der Waals surface area contributed by atoms with E-state index in [9.17, 15) is 14.9 Å². The number of thioether (sulfide) groups is 1. The summed E-state index contributed by atoms with van der Waals surface area (Å²) in [6.07, 6.45) is 1.37. The summed E-state index contributed by atoms with van der Waals surface area (Å²) in [5.74, 6) is 0.488. The van der Waals surface area contributed by atoms with Gasteiger partial charge in [0.1, 0.15) is 0 Å². The maximum atomic E-state index is 11.9. The zero-order chi connectivity index (χ0) is 20.1. The van der Waals surface area contributed by atoms with E-state index >= 15 is 0 Å². The van der Waals surface area contributed by atoms with E-state index in [0.717, 1.165) is 21.4 Å². The summed E-state index contributed by atoms with van der Waals surface area (Å²) in [7, 11) is 1.83. The second kappa shape index (κ2) is 9.08. The van der Waals surface area contributed by atoms with Gasteiger partial charge in [-0.3, -0.25) is 14.9 Å². The average Bonchev–Trinajstić information content (AvgIpc) is 3.28. The van der Waals surface area contributed by atoms with Crippen molar-refractivity contribution in [3.8, 4) is 11.4 Å². The summed E-state index contributed by atoms with van der Waals surface area (Å²) in [5.41, 5.74) is 3.31. The maximum absolute atomic E-state index is 11.9. The first kappa shape index (κ1) is 20.2. The van der Waals surface area contributed by atoms with E-state index in [2.05, 4.69) is 36.7 Å². The molecule has 0 bridgehead atoms. The molecule has 2 aromatic heterocycles. The standard InChI is InChI=1S/C16H13BrN6O3S2/c1-22-15(10-2-4-11(17)5-3-10)20-21-16(22)27-9-13(24)19-18-8-12-6-7-14(28-12)23(25)26/h2-8H,9H2,1H3,(H,19,24). The molecule has 1 aromatic carbocycles. The summed E-state index contributed by atoms with van der Waals surface area (Å²) < 4.78 is 2.79. The second-order valence-electron chi connectivity index (χ2n) is 5.39. The van der Waals surface area contributed by atoms with E-state index in [-0.39, 0.29) is 16.7 Å². The summed E-state index contributed by atoms with van der Waals surface area (Å²) >= 11 is 5.61. The van der Waals surface area contributed by atoms with Crippen LogP contribution < -0.4 is 5.43 Å². The number of hydrogen-bond donors (Lipinski definition) is 1. The predicted octanol–water partition coefficient (Wildman–Crippen LogP) is 3.46. The minimum Gasteiger partial charge on any atom is -0.305 e. The van der Waals surface area contributed by atoms with Gasteiger partial charge in [0, 0.05) is 23.2 Å². The number of benzene rings is 1. The summed E-state index contributed by atoms with van der Waals surface area (Å²) in [6, 6.07) is 10.7. The van der Waals surface area contributed by atoms with Crippen molar-refractivity contribution in [2.45, 2.75) is 5.16 Å². The van der Waals surface area contributed by atoms with E-state index < -0.39 is 4.92 Å². The number of halogens is 1. The third-order valence-corrected chi connectivity index (χ3v) is 5.96. The molecular formula is C16H13BrN6O3S2. The Morgan fingerprint density at radius 1 is 1.36 bits per heavy atom. The lowest BCUT2D eigenvalue weighted by Gasteiger charge is -2.03. The summed E-state index contributed by atoms with van der Waals surface area (Å²) in [4.78, 5) is 22.7. The summed E-state index contributed by atoms with van der Waals surface area (Å²) in [5, 5.41) is 23.4. The zero-order valence-corrected chi connectivity index (χ0v) is 17.6. The first-order chi connectivity index (χ1) is 13.4. The molecule has 0 saturated heterocycles. The number of hydrazone groups is 1. The summed E-state index contributed by atoms with van der Waals surface area (Å²) in [6.45, 7) is 0. The van der Waals surface area contributed by atoms with Crippen molar-refractivity contribution in [2.24, 2.45) is 12.1 Å². The lowest BCUT2D eigenvalue weighted by molar-refractivity contribution is -0.380. The zero-order valence-electron chi connectivity index (χ0n) is 14.4. The van der Waals surface area contributed by atoms with Gasteiger partial charge in [0.25, 0.3) is 5.91 Å². The van der Waals surface area contributed by atoms with Crippen molar-refractivity contribution in [3.63, 3.8) is 0 Å². The Morgan fingerprint density at radius 3 is 2.79 bits per heavy atom. The van der Waals surface area contributed by atoms with Crippen LogP contribution in [0.25, 0.3) is 11.4 Å². The smallest absolute Gasteiger partial charge is 0.305 e. The Hall–Kier alpha value is -2.57. The number of nitro groups is 1. The SMILES string of the molecule is Cn1c(SCC(=O)NN=Cc2ccc([N+](=O)[O-])s2)nnc1-c1ccc(Br)cc1. The Morgan fingerprint density at radius 2 is 2.11 bits per heavy atom. The van der Waals surface area contributed by atoms with Gasteiger partial charge in [-0.1, -0.05) is 51.2 Å². The highest BCUT2D eigenvalue weighted by atomic mass is 79.9. The first-order valence-corrected chi connectivity index (χ1v) is 10.4. The molecule has 0 atom stereocenters. The van der Waals surface area contributed by atoms with Gasteiger partial charge >= 0.3 is 5.00 Å². The fourth-order valence-corrected chi connectivity index (χ4v) is 3.79. The van der Waals surface area contributed by atoms with Crippen molar-refractivity contribution in [3.05, 3.63) is 55.9 Å². The van der Waals surface area contributed by atoms with Crippen LogP contribution in [0.5, 0.6) is 0 Å². The van der Waals surface area contributed by atoms with Crippen LogP contribution in [-0.2, 0) is 11.8 Å². The Kier molecular flexibility index (Phi) is 6.54. The Balaban J connectivity index is 1.54. The fourth-order valence-electron chi connectivity index (χ4n) is 2.13. The molecule has 1 N–H and O–H groups in total. The average molecular weight is 481 g/mol. The molecule has 0 fully saturated rings. The number of nitrogens with zero attached hydrogens (tertiary/aromatic N) is 5. The van der Waals surface area contributed by atoms with Gasteiger partial charge in [-0.15, -0.1) is 10.2 Å². The molecule has 0 saturated carbocycles. The molecule has 0 spiro atoms. The van der Waals surface area contributed by atoms with E-state index in [0.29, 0.717) is 15.9 Å². The number of amides is 1. The molecule has 0 aliphatic rings. The number of rotatable bonds is 7. The van der Waals surface area contributed by atoms with Crippen molar-refractivity contribution in [1.29, 1.82) is 0 Å². The van der Waals surface area contributed by atoms with Crippen LogP contribution in [0.4, 0.5) is 5.00 Å². The van der Waals surface area contributed by atoms with Crippen molar-refractivity contribution < 1.29 is 9.72 Å². The third-order valence-electron chi connectivity index (χ3n) is 3.44. The van der Waals surface area contributed by atoms with Gasteiger partial charge in [0.2, 0.25) is 0 Å². The number of nitrogens with one attached hydrogen (secondary N) is 1. The molecule has 2 heterocycles. The molecule has 0 aliphatic heterocycles. The fraction of sp³-hybridized carbons (Fsp3) is 0.125. The first-order valence-electron chi connectivity index (χ1n) is 7.78. The van der Waals surface area contributed by atoms with E-state index in [1.54, 1.807) is 6.07 Å². The van der Waals surface area contributed by atoms with Crippen LogP contribution in [0, 0.1) is 10.1 Å². The lowest BCUT2D eigenvalue weighted by atomic mass is 10.2.